The summed E-state index contributed by atoms with van der Waals surface area (Å²) >= 11 is 0. The van der Waals surface area contributed by atoms with Gasteiger partial charge in [0.2, 0.25) is 0 Å². The number of nitrogens with one attached hydrogen (secondary N) is 1. The Bertz CT molecular complexity index is 499. The van der Waals surface area contributed by atoms with Crippen molar-refractivity contribution in [2.45, 2.75) is 12.8 Å². The lowest BCUT2D eigenvalue weighted by molar-refractivity contribution is 0.511. The molecule has 0 radical (unpaired) electrons. The number of pyridine rings is 1. The molecule has 2 heterocycles. The van der Waals surface area contributed by atoms with E-state index in [1.165, 1.54) is 0 Å². The molecule has 20 heavy (non-hydrogen) atoms. The minimum absolute atomic E-state index is 0. The van der Waals surface area contributed by atoms with Crippen LogP contribution in [0.1, 0.15) is 11.5 Å². The number of aliphatic imine (C=N–C) groups is 1. The molecule has 0 fully saturated rings. The van der Waals surface area contributed by atoms with E-state index in [-0.39, 0.29) is 24.0 Å². The first-order valence-electron chi connectivity index (χ1n) is 6.30. The average Bonchev–Trinajstić information content (AvgIpc) is 2.93. The van der Waals surface area contributed by atoms with Crippen molar-refractivity contribution in [3.8, 4) is 0 Å². The number of hydrogen-bond acceptors (Lipinski definition) is 3. The highest BCUT2D eigenvalue weighted by Crippen LogP contribution is 2.00. The minimum atomic E-state index is 0. The highest BCUT2D eigenvalue weighted by atomic mass is 127. The lowest BCUT2D eigenvalue weighted by atomic mass is 10.3. The van der Waals surface area contributed by atoms with Gasteiger partial charge in [-0.1, -0.05) is 6.07 Å². The molecule has 5 nitrogen and oxygen atoms in total. The van der Waals surface area contributed by atoms with E-state index in [1.807, 2.05) is 30.3 Å². The zero-order valence-electron chi connectivity index (χ0n) is 11.2. The van der Waals surface area contributed by atoms with Gasteiger partial charge >= 0.3 is 0 Å². The molecule has 108 valence electrons. The normalized spacial score (nSPS) is 10.9. The van der Waals surface area contributed by atoms with Crippen molar-refractivity contribution in [1.29, 1.82) is 0 Å². The average molecular weight is 386 g/mol. The summed E-state index contributed by atoms with van der Waals surface area (Å²) in [6.45, 7) is 1.35. The summed E-state index contributed by atoms with van der Waals surface area (Å²) < 4.78 is 5.22. The predicted molar refractivity (Wildman–Crippen MR) is 90.3 cm³/mol. The van der Waals surface area contributed by atoms with E-state index in [9.17, 15) is 0 Å². The summed E-state index contributed by atoms with van der Waals surface area (Å²) in [6, 6.07) is 9.67. The fraction of sp³-hybridized carbons (Fsp3) is 0.286. The minimum Gasteiger partial charge on any atom is -0.469 e. The molecule has 2 aromatic heterocycles. The molecule has 0 aliphatic rings. The van der Waals surface area contributed by atoms with Crippen LogP contribution < -0.4 is 11.1 Å². The molecule has 0 unspecified atom stereocenters. The van der Waals surface area contributed by atoms with Crippen molar-refractivity contribution in [3.05, 3.63) is 54.2 Å². The van der Waals surface area contributed by atoms with E-state index < -0.39 is 0 Å². The van der Waals surface area contributed by atoms with Crippen LogP contribution in [0, 0.1) is 0 Å². The first-order valence-corrected chi connectivity index (χ1v) is 6.30. The third-order valence-corrected chi connectivity index (χ3v) is 2.63. The van der Waals surface area contributed by atoms with Gasteiger partial charge in [0.15, 0.2) is 5.96 Å². The third-order valence-electron chi connectivity index (χ3n) is 2.63. The Kier molecular flexibility index (Phi) is 7.71. The monoisotopic (exact) mass is 386 g/mol. The van der Waals surface area contributed by atoms with E-state index in [0.717, 1.165) is 30.8 Å². The van der Waals surface area contributed by atoms with Gasteiger partial charge in [-0.15, -0.1) is 24.0 Å². The largest absolute Gasteiger partial charge is 0.469 e. The van der Waals surface area contributed by atoms with Crippen molar-refractivity contribution in [2.75, 3.05) is 13.1 Å². The van der Waals surface area contributed by atoms with Crippen LogP contribution in [0.15, 0.2) is 52.2 Å². The van der Waals surface area contributed by atoms with Crippen molar-refractivity contribution in [3.63, 3.8) is 0 Å². The van der Waals surface area contributed by atoms with Crippen LogP contribution in [0.2, 0.25) is 0 Å². The maximum atomic E-state index is 5.77. The summed E-state index contributed by atoms with van der Waals surface area (Å²) in [7, 11) is 0. The summed E-state index contributed by atoms with van der Waals surface area (Å²) in [6.07, 6.45) is 5.04. The van der Waals surface area contributed by atoms with Crippen LogP contribution in [0.3, 0.4) is 0 Å². The predicted octanol–water partition coefficient (Wildman–Crippen LogP) is 1.98. The molecule has 0 spiro atoms. The van der Waals surface area contributed by atoms with Crippen LogP contribution >= 0.6 is 24.0 Å². The lowest BCUT2D eigenvalue weighted by Gasteiger charge is -2.04. The lowest BCUT2D eigenvalue weighted by Crippen LogP contribution is -2.33. The number of hydrogen-bond donors (Lipinski definition) is 2. The zero-order chi connectivity index (χ0) is 13.3. The van der Waals surface area contributed by atoms with Crippen LogP contribution in [0.4, 0.5) is 0 Å². The second kappa shape index (κ2) is 9.35. The summed E-state index contributed by atoms with van der Waals surface area (Å²) in [4.78, 5) is 8.47. The van der Waals surface area contributed by atoms with Gasteiger partial charge < -0.3 is 15.5 Å². The first-order chi connectivity index (χ1) is 9.34. The van der Waals surface area contributed by atoms with E-state index >= 15 is 0 Å². The molecule has 0 amide bonds. The molecule has 2 aromatic rings. The van der Waals surface area contributed by atoms with E-state index in [2.05, 4.69) is 15.3 Å². The van der Waals surface area contributed by atoms with Crippen LogP contribution in [-0.4, -0.2) is 24.0 Å². The second-order valence-electron chi connectivity index (χ2n) is 4.09. The maximum Gasteiger partial charge on any atom is 0.188 e. The van der Waals surface area contributed by atoms with Crippen LogP contribution in [0.5, 0.6) is 0 Å². The summed E-state index contributed by atoms with van der Waals surface area (Å²) in [5.41, 5.74) is 6.81. The highest BCUT2D eigenvalue weighted by molar-refractivity contribution is 14.0. The quantitative estimate of drug-likeness (QED) is 0.452. The fourth-order valence-electron chi connectivity index (χ4n) is 1.66. The molecule has 0 atom stereocenters. The maximum absolute atomic E-state index is 5.77. The Morgan fingerprint density at radius 3 is 2.85 bits per heavy atom. The number of rotatable bonds is 6. The standard InChI is InChI=1S/C14H18N4O.HI/c15-14(18-10-7-13-5-3-11-19-13)17-9-6-12-4-1-2-8-16-12;/h1-5,8,11H,6-7,9-10H2,(H3,15,17,18);1H. The van der Waals surface area contributed by atoms with Gasteiger partial charge in [-0.3, -0.25) is 9.98 Å². The van der Waals surface area contributed by atoms with Crippen molar-refractivity contribution < 1.29 is 4.42 Å². The first kappa shape index (κ1) is 16.5. The van der Waals surface area contributed by atoms with Gasteiger partial charge in [0, 0.05) is 37.8 Å². The molecule has 0 saturated heterocycles. The fourth-order valence-corrected chi connectivity index (χ4v) is 1.66. The van der Waals surface area contributed by atoms with Gasteiger partial charge in [-0.05, 0) is 24.3 Å². The number of nitrogens with two attached hydrogens (primary N) is 1. The Morgan fingerprint density at radius 2 is 2.15 bits per heavy atom. The van der Waals surface area contributed by atoms with Gasteiger partial charge in [-0.25, -0.2) is 0 Å². The molecule has 2 rings (SSSR count). The molecule has 6 heteroatoms. The van der Waals surface area contributed by atoms with Crippen molar-refractivity contribution >= 4 is 29.9 Å². The van der Waals surface area contributed by atoms with Crippen molar-refractivity contribution in [1.82, 2.24) is 10.3 Å². The van der Waals surface area contributed by atoms with Crippen molar-refractivity contribution in [2.24, 2.45) is 10.7 Å². The molecule has 0 bridgehead atoms. The molecule has 0 saturated carbocycles. The van der Waals surface area contributed by atoms with Gasteiger partial charge in [0.05, 0.1) is 6.26 Å². The van der Waals surface area contributed by atoms with E-state index in [4.69, 9.17) is 10.2 Å². The molecule has 3 N–H and O–H groups in total. The second-order valence-corrected chi connectivity index (χ2v) is 4.09. The van der Waals surface area contributed by atoms with E-state index in [0.29, 0.717) is 12.5 Å². The SMILES string of the molecule is I.NC(=NCCc1ccco1)NCCc1ccccn1. The number of halogens is 1. The van der Waals surface area contributed by atoms with E-state index in [1.54, 1.807) is 12.5 Å². The molecule has 0 aromatic carbocycles. The zero-order valence-corrected chi connectivity index (χ0v) is 13.5. The topological polar surface area (TPSA) is 76.4 Å². The van der Waals surface area contributed by atoms with Gasteiger partial charge in [0.1, 0.15) is 5.76 Å². The number of guanidine groups is 1. The molecular formula is C14H19IN4O. The number of nitrogens with zero attached hydrogens (tertiary/aromatic N) is 2. The van der Waals surface area contributed by atoms with Crippen LogP contribution in [-0.2, 0) is 12.8 Å². The summed E-state index contributed by atoms with van der Waals surface area (Å²) in [5.74, 6) is 1.38. The highest BCUT2D eigenvalue weighted by Gasteiger charge is 1.96. The van der Waals surface area contributed by atoms with Crippen LogP contribution in [0.25, 0.3) is 0 Å². The molecule has 0 aliphatic heterocycles. The number of furan rings is 1. The Hall–Kier alpha value is -1.57. The Labute approximate surface area is 135 Å². The molecule has 0 aliphatic carbocycles. The van der Waals surface area contributed by atoms with Gasteiger partial charge in [-0.2, -0.15) is 0 Å². The van der Waals surface area contributed by atoms with Gasteiger partial charge in [0.25, 0.3) is 0 Å². The number of aromatic nitrogens is 1. The Balaban J connectivity index is 0.00000200. The Morgan fingerprint density at radius 1 is 1.25 bits per heavy atom. The third kappa shape index (κ3) is 6.05. The molecular weight excluding hydrogens is 367 g/mol. The smallest absolute Gasteiger partial charge is 0.188 e. The summed E-state index contributed by atoms with van der Waals surface area (Å²) in [5, 5.41) is 3.07.